The van der Waals surface area contributed by atoms with Crippen LogP contribution in [0.15, 0.2) is 18.2 Å². The lowest BCUT2D eigenvalue weighted by atomic mass is 10.1. The number of fused-ring (bicyclic) bond motifs is 2. The Morgan fingerprint density at radius 1 is 1.38 bits per heavy atom. The molecule has 2 aliphatic rings. The van der Waals surface area contributed by atoms with E-state index in [9.17, 15) is 0 Å². The minimum Gasteiger partial charge on any atom is -0.397 e. The first-order valence-corrected chi connectivity index (χ1v) is 5.84. The van der Waals surface area contributed by atoms with Gasteiger partial charge in [0.05, 0.1) is 23.0 Å². The van der Waals surface area contributed by atoms with Crippen LogP contribution in [0.5, 0.6) is 0 Å². The predicted octanol–water partition coefficient (Wildman–Crippen LogP) is 2.13. The van der Waals surface area contributed by atoms with Crippen LogP contribution in [0.1, 0.15) is 24.8 Å². The van der Waals surface area contributed by atoms with Crippen molar-refractivity contribution >= 4 is 11.4 Å². The molecule has 0 radical (unpaired) electrons. The second-order valence-corrected chi connectivity index (χ2v) is 4.87. The third-order valence-electron chi connectivity index (χ3n) is 3.88. The second kappa shape index (κ2) is 3.41. The van der Waals surface area contributed by atoms with Gasteiger partial charge in [-0.15, -0.1) is 0 Å². The molecule has 2 unspecified atom stereocenters. The van der Waals surface area contributed by atoms with E-state index in [0.29, 0.717) is 11.6 Å². The third-order valence-corrected chi connectivity index (χ3v) is 3.88. The first kappa shape index (κ1) is 9.53. The van der Waals surface area contributed by atoms with E-state index in [-0.39, 0.29) is 0 Å². The fraction of sp³-hybridized carbons (Fsp3) is 0.462. The third kappa shape index (κ3) is 1.34. The highest BCUT2D eigenvalue weighted by atomic mass is 15.2. The number of rotatable bonds is 1. The zero-order valence-corrected chi connectivity index (χ0v) is 9.19. The van der Waals surface area contributed by atoms with Crippen molar-refractivity contribution in [2.75, 3.05) is 17.2 Å². The topological polar surface area (TPSA) is 53.0 Å². The van der Waals surface area contributed by atoms with Crippen molar-refractivity contribution in [1.29, 1.82) is 5.26 Å². The molecule has 1 heterocycles. The number of nitriles is 1. The normalized spacial score (nSPS) is 27.1. The number of hydrogen-bond acceptors (Lipinski definition) is 3. The minimum atomic E-state index is 0.644. The van der Waals surface area contributed by atoms with Crippen LogP contribution in [0.25, 0.3) is 0 Å². The predicted molar refractivity (Wildman–Crippen MR) is 64.0 cm³/mol. The summed E-state index contributed by atoms with van der Waals surface area (Å²) in [6.07, 6.45) is 3.99. The summed E-state index contributed by atoms with van der Waals surface area (Å²) in [6, 6.07) is 8.43. The van der Waals surface area contributed by atoms with E-state index in [2.05, 4.69) is 11.0 Å². The van der Waals surface area contributed by atoms with Crippen molar-refractivity contribution in [3.05, 3.63) is 23.8 Å². The number of nitrogens with two attached hydrogens (primary N) is 1. The maximum Gasteiger partial charge on any atom is 0.0992 e. The van der Waals surface area contributed by atoms with Crippen LogP contribution in [0.4, 0.5) is 11.4 Å². The van der Waals surface area contributed by atoms with Gasteiger partial charge < -0.3 is 10.6 Å². The maximum absolute atomic E-state index is 8.80. The number of benzene rings is 1. The lowest BCUT2D eigenvalue weighted by Gasteiger charge is -2.30. The van der Waals surface area contributed by atoms with Gasteiger partial charge in [0.15, 0.2) is 0 Å². The molecule has 2 atom stereocenters. The molecule has 3 nitrogen and oxygen atoms in total. The Balaban J connectivity index is 1.93. The number of piperidine rings is 1. The highest BCUT2D eigenvalue weighted by Crippen LogP contribution is 2.41. The molecular formula is C13H15N3. The van der Waals surface area contributed by atoms with Gasteiger partial charge in [-0.2, -0.15) is 5.26 Å². The summed E-state index contributed by atoms with van der Waals surface area (Å²) in [5.74, 6) is 0.861. The average molecular weight is 213 g/mol. The van der Waals surface area contributed by atoms with E-state index >= 15 is 0 Å². The van der Waals surface area contributed by atoms with Gasteiger partial charge in [-0.3, -0.25) is 0 Å². The molecular weight excluding hydrogens is 198 g/mol. The Bertz CT molecular complexity index is 461. The summed E-state index contributed by atoms with van der Waals surface area (Å²) in [5, 5.41) is 8.80. The van der Waals surface area contributed by atoms with E-state index in [4.69, 9.17) is 11.0 Å². The van der Waals surface area contributed by atoms with Gasteiger partial charge in [0, 0.05) is 12.6 Å². The van der Waals surface area contributed by atoms with Gasteiger partial charge >= 0.3 is 0 Å². The molecule has 2 fully saturated rings. The van der Waals surface area contributed by atoms with E-state index < -0.39 is 0 Å². The van der Waals surface area contributed by atoms with Crippen LogP contribution in [0, 0.1) is 17.2 Å². The van der Waals surface area contributed by atoms with Crippen LogP contribution in [0.2, 0.25) is 0 Å². The maximum atomic E-state index is 8.80. The molecule has 1 aliphatic carbocycles. The van der Waals surface area contributed by atoms with Gasteiger partial charge in [0.1, 0.15) is 0 Å². The fourth-order valence-electron chi connectivity index (χ4n) is 3.11. The first-order chi connectivity index (χ1) is 7.78. The van der Waals surface area contributed by atoms with Crippen LogP contribution < -0.4 is 10.6 Å². The molecule has 1 aliphatic heterocycles. The Morgan fingerprint density at radius 2 is 2.25 bits per heavy atom. The second-order valence-electron chi connectivity index (χ2n) is 4.87. The molecule has 3 rings (SSSR count). The highest BCUT2D eigenvalue weighted by molar-refractivity contribution is 5.70. The smallest absolute Gasteiger partial charge is 0.0992 e. The average Bonchev–Trinajstić information content (AvgIpc) is 2.90. The molecule has 3 heteroatoms. The van der Waals surface area contributed by atoms with Gasteiger partial charge in [-0.25, -0.2) is 0 Å². The molecule has 0 spiro atoms. The minimum absolute atomic E-state index is 0.644. The molecule has 2 bridgehead atoms. The summed E-state index contributed by atoms with van der Waals surface area (Å²) in [5.41, 5.74) is 8.52. The van der Waals surface area contributed by atoms with Crippen molar-refractivity contribution in [2.24, 2.45) is 5.92 Å². The lowest BCUT2D eigenvalue weighted by molar-refractivity contribution is 0.554. The van der Waals surface area contributed by atoms with Crippen molar-refractivity contribution in [3.8, 4) is 6.07 Å². The summed E-state index contributed by atoms with van der Waals surface area (Å²) in [6.45, 7) is 1.14. The molecule has 1 saturated carbocycles. The molecule has 16 heavy (non-hydrogen) atoms. The summed E-state index contributed by atoms with van der Waals surface area (Å²) in [7, 11) is 0. The van der Waals surface area contributed by atoms with Gasteiger partial charge in [0.25, 0.3) is 0 Å². The lowest BCUT2D eigenvalue weighted by Crippen LogP contribution is -2.32. The Hall–Kier alpha value is -1.69. The van der Waals surface area contributed by atoms with Crippen LogP contribution in [-0.2, 0) is 0 Å². The van der Waals surface area contributed by atoms with Gasteiger partial charge in [-0.1, -0.05) is 0 Å². The van der Waals surface area contributed by atoms with Crippen molar-refractivity contribution in [3.63, 3.8) is 0 Å². The Kier molecular flexibility index (Phi) is 2.03. The quantitative estimate of drug-likeness (QED) is 0.727. The molecule has 1 aromatic carbocycles. The SMILES string of the molecule is N#Cc1ccc(N2CC3CCC2C3)c(N)c1. The van der Waals surface area contributed by atoms with Crippen LogP contribution >= 0.6 is 0 Å². The van der Waals surface area contributed by atoms with Gasteiger partial charge in [0.2, 0.25) is 0 Å². The van der Waals surface area contributed by atoms with Crippen LogP contribution in [0.3, 0.4) is 0 Å². The van der Waals surface area contributed by atoms with Crippen molar-refractivity contribution in [2.45, 2.75) is 25.3 Å². The van der Waals surface area contributed by atoms with Crippen molar-refractivity contribution in [1.82, 2.24) is 0 Å². The van der Waals surface area contributed by atoms with Gasteiger partial charge in [-0.05, 0) is 43.4 Å². The van der Waals surface area contributed by atoms with E-state index in [1.54, 1.807) is 6.07 Å². The van der Waals surface area contributed by atoms with E-state index in [1.807, 2.05) is 12.1 Å². The highest BCUT2D eigenvalue weighted by Gasteiger charge is 2.38. The summed E-state index contributed by atoms with van der Waals surface area (Å²) >= 11 is 0. The largest absolute Gasteiger partial charge is 0.397 e. The zero-order valence-electron chi connectivity index (χ0n) is 9.19. The fourth-order valence-corrected chi connectivity index (χ4v) is 3.11. The molecule has 1 saturated heterocycles. The summed E-state index contributed by atoms with van der Waals surface area (Å²) < 4.78 is 0. The molecule has 82 valence electrons. The standard InChI is InChI=1S/C13H15N3/c14-7-9-2-4-13(12(15)6-9)16-8-10-1-3-11(16)5-10/h2,4,6,10-11H,1,3,5,8,15H2. The Morgan fingerprint density at radius 3 is 2.81 bits per heavy atom. The number of anilines is 2. The van der Waals surface area contributed by atoms with Crippen LogP contribution in [-0.4, -0.2) is 12.6 Å². The van der Waals surface area contributed by atoms with E-state index in [1.165, 1.54) is 19.3 Å². The molecule has 1 aromatic rings. The van der Waals surface area contributed by atoms with E-state index in [0.717, 1.165) is 23.8 Å². The molecule has 0 amide bonds. The monoisotopic (exact) mass is 213 g/mol. The Labute approximate surface area is 95.5 Å². The number of hydrogen-bond donors (Lipinski definition) is 1. The molecule has 2 N–H and O–H groups in total. The molecule has 0 aromatic heterocycles. The van der Waals surface area contributed by atoms with Crippen molar-refractivity contribution < 1.29 is 0 Å². The first-order valence-electron chi connectivity index (χ1n) is 5.84. The number of nitrogen functional groups attached to an aromatic ring is 1. The summed E-state index contributed by atoms with van der Waals surface area (Å²) in [4.78, 5) is 2.42. The zero-order chi connectivity index (χ0) is 11.1. The number of nitrogens with zero attached hydrogens (tertiary/aromatic N) is 2.